The van der Waals surface area contributed by atoms with Crippen molar-refractivity contribution in [1.82, 2.24) is 10.6 Å². The Kier molecular flexibility index (Phi) is 9.07. The molecule has 0 spiro atoms. The number of hydrogen-bond acceptors (Lipinski definition) is 4. The molecule has 0 bridgehead atoms. The van der Waals surface area contributed by atoms with E-state index in [2.05, 4.69) is 10.6 Å². The van der Waals surface area contributed by atoms with E-state index < -0.39 is 35.3 Å². The van der Waals surface area contributed by atoms with Gasteiger partial charge in [0.15, 0.2) is 0 Å². The van der Waals surface area contributed by atoms with Crippen LogP contribution in [-0.2, 0) is 24.6 Å². The van der Waals surface area contributed by atoms with Crippen molar-refractivity contribution in [3.05, 3.63) is 34.9 Å². The van der Waals surface area contributed by atoms with Gasteiger partial charge in [0.25, 0.3) is 0 Å². The average molecular weight is 467 g/mol. The van der Waals surface area contributed by atoms with Crippen LogP contribution < -0.4 is 10.6 Å². The Hall–Kier alpha value is -2.61. The molecule has 32 heavy (non-hydrogen) atoms. The molecular formula is C23H31ClN2O6. The summed E-state index contributed by atoms with van der Waals surface area (Å²) in [6.07, 6.45) is 3.75. The number of carbonyl (C=O) groups is 4. The SMILES string of the molecule is CC(C)(C(=O)NC(C(=O)N[C@H](CCC(=O)O)C(=O)O)C1CCCCC1)c1ccc(Cl)cc1. The van der Waals surface area contributed by atoms with Gasteiger partial charge in [-0.2, -0.15) is 0 Å². The highest BCUT2D eigenvalue weighted by molar-refractivity contribution is 6.30. The summed E-state index contributed by atoms with van der Waals surface area (Å²) < 4.78 is 0. The van der Waals surface area contributed by atoms with E-state index in [0.717, 1.165) is 37.7 Å². The van der Waals surface area contributed by atoms with Gasteiger partial charge < -0.3 is 20.8 Å². The lowest BCUT2D eigenvalue weighted by Crippen LogP contribution is -2.57. The Labute approximate surface area is 192 Å². The number of aliphatic carboxylic acids is 2. The Morgan fingerprint density at radius 3 is 2.16 bits per heavy atom. The molecule has 176 valence electrons. The van der Waals surface area contributed by atoms with E-state index in [1.807, 2.05) is 0 Å². The molecule has 8 nitrogen and oxygen atoms in total. The molecule has 0 saturated heterocycles. The Morgan fingerprint density at radius 1 is 1.03 bits per heavy atom. The highest BCUT2D eigenvalue weighted by Gasteiger charge is 2.37. The minimum Gasteiger partial charge on any atom is -0.481 e. The number of carboxylic acids is 2. The lowest BCUT2D eigenvalue weighted by atomic mass is 9.80. The Morgan fingerprint density at radius 2 is 1.62 bits per heavy atom. The van der Waals surface area contributed by atoms with Gasteiger partial charge >= 0.3 is 11.9 Å². The quantitative estimate of drug-likeness (QED) is 0.418. The number of benzene rings is 1. The second kappa shape index (κ2) is 11.3. The standard InChI is InChI=1S/C23H31ClN2O6/c1-23(2,15-8-10-16(24)11-9-15)22(32)26-19(14-6-4-3-5-7-14)20(29)25-17(21(30)31)12-13-18(27)28/h8-11,14,17,19H,3-7,12-13H2,1-2H3,(H,25,29)(H,26,32)(H,27,28)(H,30,31)/t17-,19?/m1/s1. The molecule has 1 unspecified atom stereocenters. The van der Waals surface area contributed by atoms with Crippen LogP contribution in [-0.4, -0.2) is 46.0 Å². The molecule has 2 rings (SSSR count). The van der Waals surface area contributed by atoms with Crippen molar-refractivity contribution in [2.45, 2.75) is 76.3 Å². The van der Waals surface area contributed by atoms with Crippen molar-refractivity contribution in [1.29, 1.82) is 0 Å². The van der Waals surface area contributed by atoms with Crippen LogP contribution in [0.5, 0.6) is 0 Å². The molecule has 0 radical (unpaired) electrons. The van der Waals surface area contributed by atoms with E-state index in [9.17, 15) is 24.3 Å². The fraction of sp³-hybridized carbons (Fsp3) is 0.565. The van der Waals surface area contributed by atoms with Gasteiger partial charge in [-0.15, -0.1) is 0 Å². The number of halogens is 1. The number of amides is 2. The summed E-state index contributed by atoms with van der Waals surface area (Å²) in [7, 11) is 0. The van der Waals surface area contributed by atoms with Gasteiger partial charge in [-0.05, 0) is 56.7 Å². The lowest BCUT2D eigenvalue weighted by molar-refractivity contribution is -0.143. The second-order valence-electron chi connectivity index (χ2n) is 8.81. The molecule has 2 atom stereocenters. The van der Waals surface area contributed by atoms with E-state index >= 15 is 0 Å². The third-order valence-corrected chi connectivity index (χ3v) is 6.34. The van der Waals surface area contributed by atoms with Crippen molar-refractivity contribution < 1.29 is 29.4 Å². The van der Waals surface area contributed by atoms with Crippen molar-refractivity contribution >= 4 is 35.4 Å². The monoisotopic (exact) mass is 466 g/mol. The predicted molar refractivity (Wildman–Crippen MR) is 119 cm³/mol. The second-order valence-corrected chi connectivity index (χ2v) is 9.25. The zero-order valence-corrected chi connectivity index (χ0v) is 19.2. The largest absolute Gasteiger partial charge is 0.481 e. The smallest absolute Gasteiger partial charge is 0.326 e. The summed E-state index contributed by atoms with van der Waals surface area (Å²) in [5, 5.41) is 24.1. The zero-order valence-electron chi connectivity index (χ0n) is 18.4. The summed E-state index contributed by atoms with van der Waals surface area (Å²) in [5.41, 5.74) is -0.222. The maximum Gasteiger partial charge on any atom is 0.326 e. The zero-order chi connectivity index (χ0) is 23.9. The van der Waals surface area contributed by atoms with Crippen LogP contribution in [0.1, 0.15) is 64.4 Å². The fourth-order valence-corrected chi connectivity index (χ4v) is 4.10. The number of carbonyl (C=O) groups excluding carboxylic acids is 2. The summed E-state index contributed by atoms with van der Waals surface area (Å²) in [4.78, 5) is 48.7. The normalized spacial score (nSPS) is 16.6. The third-order valence-electron chi connectivity index (χ3n) is 6.09. The molecule has 9 heteroatoms. The van der Waals surface area contributed by atoms with Crippen LogP contribution >= 0.6 is 11.6 Å². The number of carboxylic acid groups (broad SMARTS) is 2. The maximum absolute atomic E-state index is 13.2. The molecule has 2 amide bonds. The van der Waals surface area contributed by atoms with Crippen molar-refractivity contribution in [3.63, 3.8) is 0 Å². The summed E-state index contributed by atoms with van der Waals surface area (Å²) >= 11 is 5.95. The molecule has 1 aliphatic rings. The van der Waals surface area contributed by atoms with Crippen LogP contribution in [0.4, 0.5) is 0 Å². The van der Waals surface area contributed by atoms with Gasteiger partial charge in [0.1, 0.15) is 12.1 Å². The van der Waals surface area contributed by atoms with E-state index in [1.54, 1.807) is 38.1 Å². The summed E-state index contributed by atoms with van der Waals surface area (Å²) in [5.74, 6) is -3.54. The molecule has 0 heterocycles. The van der Waals surface area contributed by atoms with Crippen LogP contribution in [0.15, 0.2) is 24.3 Å². The molecule has 1 aromatic rings. The molecule has 0 aromatic heterocycles. The van der Waals surface area contributed by atoms with Gasteiger partial charge in [-0.1, -0.05) is 43.0 Å². The van der Waals surface area contributed by atoms with E-state index in [4.69, 9.17) is 16.7 Å². The highest BCUT2D eigenvalue weighted by Crippen LogP contribution is 2.29. The Balaban J connectivity index is 2.21. The number of nitrogens with one attached hydrogen (secondary N) is 2. The molecule has 0 aliphatic heterocycles. The molecule has 1 saturated carbocycles. The van der Waals surface area contributed by atoms with Crippen molar-refractivity contribution in [2.24, 2.45) is 5.92 Å². The van der Waals surface area contributed by atoms with Gasteiger partial charge in [0, 0.05) is 11.4 Å². The first-order chi connectivity index (χ1) is 15.0. The molecular weight excluding hydrogens is 436 g/mol. The molecule has 1 aliphatic carbocycles. The third kappa shape index (κ3) is 6.95. The minimum atomic E-state index is -1.34. The number of rotatable bonds is 10. The maximum atomic E-state index is 13.2. The Bertz CT molecular complexity index is 833. The molecule has 4 N–H and O–H groups in total. The van der Waals surface area contributed by atoms with Crippen LogP contribution in [0, 0.1) is 5.92 Å². The topological polar surface area (TPSA) is 133 Å². The van der Waals surface area contributed by atoms with Gasteiger partial charge in [-0.3, -0.25) is 14.4 Å². The van der Waals surface area contributed by atoms with E-state index in [0.29, 0.717) is 5.02 Å². The lowest BCUT2D eigenvalue weighted by Gasteiger charge is -2.33. The first-order valence-corrected chi connectivity index (χ1v) is 11.2. The van der Waals surface area contributed by atoms with Crippen molar-refractivity contribution in [3.8, 4) is 0 Å². The summed E-state index contributed by atoms with van der Waals surface area (Å²) in [6.45, 7) is 3.49. The number of hydrogen-bond donors (Lipinski definition) is 4. The fourth-order valence-electron chi connectivity index (χ4n) is 3.97. The minimum absolute atomic E-state index is 0.123. The van der Waals surface area contributed by atoms with E-state index in [1.165, 1.54) is 0 Å². The van der Waals surface area contributed by atoms with Crippen molar-refractivity contribution in [2.75, 3.05) is 0 Å². The first-order valence-electron chi connectivity index (χ1n) is 10.8. The highest BCUT2D eigenvalue weighted by atomic mass is 35.5. The van der Waals surface area contributed by atoms with E-state index in [-0.39, 0.29) is 24.7 Å². The van der Waals surface area contributed by atoms with Crippen LogP contribution in [0.25, 0.3) is 0 Å². The van der Waals surface area contributed by atoms with Gasteiger partial charge in [0.05, 0.1) is 5.41 Å². The predicted octanol–water partition coefficient (Wildman–Crippen LogP) is 3.12. The first kappa shape index (κ1) is 25.6. The molecule has 1 fully saturated rings. The summed E-state index contributed by atoms with van der Waals surface area (Å²) in [6, 6.07) is 4.65. The average Bonchev–Trinajstić information content (AvgIpc) is 2.75. The van der Waals surface area contributed by atoms with Gasteiger partial charge in [0.2, 0.25) is 11.8 Å². The van der Waals surface area contributed by atoms with Crippen LogP contribution in [0.2, 0.25) is 5.02 Å². The molecule has 1 aromatic carbocycles. The van der Waals surface area contributed by atoms with Crippen LogP contribution in [0.3, 0.4) is 0 Å². The van der Waals surface area contributed by atoms with Gasteiger partial charge in [-0.25, -0.2) is 4.79 Å².